The SMILES string of the molecule is [Cl][Pd][Cl].[c-]1cccc2ccccc12.[c-]1cccc2ccccc12.c1ccc(Pc2ccccc2)cc1.c1ccc(Pc2ccccc2)cc1. The van der Waals surface area contributed by atoms with Crippen molar-refractivity contribution < 1.29 is 15.9 Å². The first-order valence-corrected chi connectivity index (χ1v) is 21.5. The summed E-state index contributed by atoms with van der Waals surface area (Å²) in [5.74, 6) is 0. The van der Waals surface area contributed by atoms with Crippen molar-refractivity contribution in [1.29, 1.82) is 0 Å². The topological polar surface area (TPSA) is 0 Å². The molecular formula is C44H36Cl2P2Pd-2. The molecule has 248 valence electrons. The Morgan fingerprint density at radius 1 is 0.327 bits per heavy atom. The van der Waals surface area contributed by atoms with Crippen LogP contribution >= 0.6 is 36.2 Å². The van der Waals surface area contributed by atoms with Crippen LogP contribution in [-0.2, 0) is 15.9 Å². The average Bonchev–Trinajstić information content (AvgIpc) is 3.18. The Bertz CT molecular complexity index is 1660. The molecule has 0 heterocycles. The molecule has 0 radical (unpaired) electrons. The van der Waals surface area contributed by atoms with E-state index in [1.54, 1.807) is 0 Å². The van der Waals surface area contributed by atoms with Gasteiger partial charge in [-0.05, 0) is 21.2 Å². The third-order valence-corrected chi connectivity index (χ3v) is 9.30. The van der Waals surface area contributed by atoms with Gasteiger partial charge in [0.15, 0.2) is 0 Å². The third kappa shape index (κ3) is 15.2. The molecule has 0 bridgehead atoms. The van der Waals surface area contributed by atoms with Crippen molar-refractivity contribution in [2.75, 3.05) is 0 Å². The van der Waals surface area contributed by atoms with Crippen LogP contribution in [0.4, 0.5) is 0 Å². The number of fused-ring (bicyclic) bond motifs is 2. The van der Waals surface area contributed by atoms with Crippen LogP contribution in [0.1, 0.15) is 0 Å². The van der Waals surface area contributed by atoms with Crippen LogP contribution in [0.2, 0.25) is 0 Å². The van der Waals surface area contributed by atoms with Crippen LogP contribution in [-0.4, -0.2) is 0 Å². The van der Waals surface area contributed by atoms with Gasteiger partial charge in [-0.2, -0.15) is 0 Å². The van der Waals surface area contributed by atoms with E-state index < -0.39 is 0 Å². The Balaban J connectivity index is 0.000000144. The second-order valence-electron chi connectivity index (χ2n) is 10.3. The smallest absolute Gasteiger partial charge is 0.0226 e. The van der Waals surface area contributed by atoms with Gasteiger partial charge in [0.2, 0.25) is 0 Å². The minimum absolute atomic E-state index is 0.106. The first kappa shape index (κ1) is 38.2. The van der Waals surface area contributed by atoms with Crippen LogP contribution in [0.15, 0.2) is 206 Å². The predicted octanol–water partition coefficient (Wildman–Crippen LogP) is 11.3. The molecule has 0 saturated heterocycles. The van der Waals surface area contributed by atoms with Gasteiger partial charge in [0, 0.05) is 0 Å². The molecule has 8 rings (SSSR count). The molecule has 0 aliphatic heterocycles. The fraction of sp³-hybridized carbons (Fsp3) is 0. The number of benzene rings is 8. The average molecular weight is 804 g/mol. The van der Waals surface area contributed by atoms with E-state index in [0.29, 0.717) is 0 Å². The molecule has 0 aliphatic carbocycles. The first-order valence-electron chi connectivity index (χ1n) is 15.5. The van der Waals surface area contributed by atoms with Crippen molar-refractivity contribution in [3.05, 3.63) is 218 Å². The summed E-state index contributed by atoms with van der Waals surface area (Å²) in [4.78, 5) is 0. The zero-order valence-corrected chi connectivity index (χ0v) is 31.8. The largest absolute Gasteiger partial charge is 0.147 e. The number of rotatable bonds is 4. The maximum atomic E-state index is 4.81. The minimum Gasteiger partial charge on any atom is -0.147 e. The third-order valence-electron chi connectivity index (χ3n) is 6.82. The summed E-state index contributed by atoms with van der Waals surface area (Å²) in [5, 5.41) is 10.5. The van der Waals surface area contributed by atoms with Gasteiger partial charge in [-0.15, -0.1) is 94.3 Å². The molecule has 8 aromatic carbocycles. The maximum absolute atomic E-state index is 4.81. The Hall–Kier alpha value is -3.62. The molecule has 0 aliphatic rings. The zero-order chi connectivity index (χ0) is 34.2. The molecule has 0 amide bonds. The van der Waals surface area contributed by atoms with Crippen molar-refractivity contribution >= 4 is 79.0 Å². The monoisotopic (exact) mass is 802 g/mol. The predicted molar refractivity (Wildman–Crippen MR) is 218 cm³/mol. The summed E-state index contributed by atoms with van der Waals surface area (Å²) in [6.45, 7) is 0. The van der Waals surface area contributed by atoms with E-state index in [0.717, 1.165) is 17.2 Å². The van der Waals surface area contributed by atoms with E-state index >= 15 is 0 Å². The summed E-state index contributed by atoms with van der Waals surface area (Å²) < 4.78 is 0. The summed E-state index contributed by atoms with van der Waals surface area (Å²) in [7, 11) is 11.2. The Labute approximate surface area is 311 Å². The van der Waals surface area contributed by atoms with Crippen LogP contribution in [0.3, 0.4) is 0 Å². The Morgan fingerprint density at radius 3 is 0.857 bits per heavy atom. The van der Waals surface area contributed by atoms with Crippen molar-refractivity contribution in [2.45, 2.75) is 0 Å². The van der Waals surface area contributed by atoms with E-state index in [1.165, 1.54) is 42.8 Å². The van der Waals surface area contributed by atoms with E-state index in [1.807, 2.05) is 48.5 Å². The van der Waals surface area contributed by atoms with Gasteiger partial charge in [0.05, 0.1) is 0 Å². The first-order chi connectivity index (χ1) is 24.2. The summed E-state index contributed by atoms with van der Waals surface area (Å²) in [6, 6.07) is 77.1. The summed E-state index contributed by atoms with van der Waals surface area (Å²) in [5.41, 5.74) is 0. The molecule has 0 atom stereocenters. The quantitative estimate of drug-likeness (QED) is 0.0944. The van der Waals surface area contributed by atoms with Gasteiger partial charge in [-0.1, -0.05) is 163 Å². The molecule has 0 spiro atoms. The van der Waals surface area contributed by atoms with Crippen LogP contribution in [0, 0.1) is 12.1 Å². The summed E-state index contributed by atoms with van der Waals surface area (Å²) >= 11 is -0.106. The minimum atomic E-state index is -0.106. The molecule has 49 heavy (non-hydrogen) atoms. The zero-order valence-electron chi connectivity index (χ0n) is 26.7. The molecule has 0 nitrogen and oxygen atoms in total. The molecule has 0 fully saturated rings. The van der Waals surface area contributed by atoms with Crippen LogP contribution in [0.25, 0.3) is 21.5 Å². The van der Waals surface area contributed by atoms with Crippen molar-refractivity contribution in [3.63, 3.8) is 0 Å². The van der Waals surface area contributed by atoms with Gasteiger partial charge in [0.1, 0.15) is 0 Å². The standard InChI is InChI=1S/2C12H11P.2C10H7.2ClH.Pd/c2*1-3-7-11(8-4-1)13-12-9-5-2-6-10-12;2*1-2-6-10-8-4-3-7-9(10)5-1;;;/h2*1-10,13H;2*1-7H;2*1H;/q;;2*-1;;;+2/p-2. The Morgan fingerprint density at radius 2 is 0.571 bits per heavy atom. The van der Waals surface area contributed by atoms with E-state index in [9.17, 15) is 0 Å². The van der Waals surface area contributed by atoms with Gasteiger partial charge >= 0.3 is 35.0 Å². The van der Waals surface area contributed by atoms with Crippen molar-refractivity contribution in [2.24, 2.45) is 0 Å². The maximum Gasteiger partial charge on any atom is -0.0226 e. The van der Waals surface area contributed by atoms with Crippen molar-refractivity contribution in [1.82, 2.24) is 0 Å². The van der Waals surface area contributed by atoms with Crippen LogP contribution < -0.4 is 21.2 Å². The number of hydrogen-bond donors (Lipinski definition) is 0. The summed E-state index contributed by atoms with van der Waals surface area (Å²) in [6.07, 6.45) is 0. The fourth-order valence-corrected chi connectivity index (χ4v) is 6.65. The fourth-order valence-electron chi connectivity index (χ4n) is 4.55. The molecule has 0 unspecified atom stereocenters. The van der Waals surface area contributed by atoms with E-state index in [4.69, 9.17) is 19.1 Å². The van der Waals surface area contributed by atoms with E-state index in [-0.39, 0.29) is 15.9 Å². The normalized spacial score (nSPS) is 9.76. The number of halogens is 2. The Kier molecular flexibility index (Phi) is 18.5. The molecule has 0 saturated carbocycles. The number of hydrogen-bond acceptors (Lipinski definition) is 0. The van der Waals surface area contributed by atoms with Gasteiger partial charge in [0.25, 0.3) is 0 Å². The van der Waals surface area contributed by atoms with Gasteiger partial charge < -0.3 is 0 Å². The molecule has 5 heteroatoms. The second-order valence-corrected chi connectivity index (χ2v) is 15.4. The van der Waals surface area contributed by atoms with Crippen LogP contribution in [0.5, 0.6) is 0 Å². The second kappa shape index (κ2) is 23.7. The molecule has 0 aromatic heterocycles. The van der Waals surface area contributed by atoms with Crippen molar-refractivity contribution in [3.8, 4) is 0 Å². The van der Waals surface area contributed by atoms with Gasteiger partial charge in [-0.25, -0.2) is 0 Å². The molecular weight excluding hydrogens is 768 g/mol. The van der Waals surface area contributed by atoms with E-state index in [2.05, 4.69) is 170 Å². The molecule has 0 N–H and O–H groups in total. The molecule has 8 aromatic rings. The van der Waals surface area contributed by atoms with Gasteiger partial charge in [-0.3, -0.25) is 0 Å².